The van der Waals surface area contributed by atoms with Crippen molar-refractivity contribution in [2.24, 2.45) is 0 Å². The van der Waals surface area contributed by atoms with Gasteiger partial charge in [0.25, 0.3) is 0 Å². The summed E-state index contributed by atoms with van der Waals surface area (Å²) in [5, 5.41) is 0.662. The quantitative estimate of drug-likeness (QED) is 0.409. The fourth-order valence-electron chi connectivity index (χ4n) is 4.47. The van der Waals surface area contributed by atoms with Crippen LogP contribution in [-0.2, 0) is 5.41 Å². The van der Waals surface area contributed by atoms with E-state index in [4.69, 9.17) is 16.6 Å². The first-order valence-corrected chi connectivity index (χ1v) is 8.73. The lowest BCUT2D eigenvalue weighted by Gasteiger charge is -2.28. The highest BCUT2D eigenvalue weighted by Gasteiger charge is 2.55. The summed E-state index contributed by atoms with van der Waals surface area (Å²) < 4.78 is 0. The Labute approximate surface area is 154 Å². The normalized spacial score (nSPS) is 14.7. The van der Waals surface area contributed by atoms with Crippen LogP contribution in [0.5, 0.6) is 0 Å². The lowest BCUT2D eigenvalue weighted by atomic mass is 9.73. The molecule has 5 heteroatoms. The van der Waals surface area contributed by atoms with E-state index in [1.165, 1.54) is 0 Å². The molecule has 0 atom stereocenters. The van der Waals surface area contributed by atoms with Crippen LogP contribution in [0.15, 0.2) is 67.3 Å². The highest BCUT2D eigenvalue weighted by atomic mass is 35.5. The Morgan fingerprint density at radius 1 is 0.615 bits per heavy atom. The van der Waals surface area contributed by atoms with Gasteiger partial charge in [-0.2, -0.15) is 0 Å². The summed E-state index contributed by atoms with van der Waals surface area (Å²) in [5.74, 6) is 0. The lowest BCUT2D eigenvalue weighted by Crippen LogP contribution is -2.27. The molecule has 2 aliphatic carbocycles. The van der Waals surface area contributed by atoms with Crippen molar-refractivity contribution < 1.29 is 0 Å². The SMILES string of the molecule is Clc1ccnc2c1-c1ncccc1C21c2cccnc2-c2ncccc21. The van der Waals surface area contributed by atoms with Crippen LogP contribution in [0.25, 0.3) is 22.6 Å². The van der Waals surface area contributed by atoms with Gasteiger partial charge in [-0.1, -0.05) is 29.8 Å². The van der Waals surface area contributed by atoms with Gasteiger partial charge in [-0.05, 0) is 29.8 Å². The molecule has 0 aromatic carbocycles. The summed E-state index contributed by atoms with van der Waals surface area (Å²) in [4.78, 5) is 18.7. The molecule has 0 N–H and O–H groups in total. The lowest BCUT2D eigenvalue weighted by molar-refractivity contribution is 0.755. The van der Waals surface area contributed by atoms with Gasteiger partial charge < -0.3 is 0 Å². The molecule has 2 aliphatic rings. The minimum absolute atomic E-state index is 0.572. The summed E-state index contributed by atoms with van der Waals surface area (Å²) >= 11 is 6.60. The maximum absolute atomic E-state index is 6.60. The Balaban J connectivity index is 1.89. The second-order valence-electron chi connectivity index (χ2n) is 6.47. The van der Waals surface area contributed by atoms with Crippen molar-refractivity contribution in [2.75, 3.05) is 0 Å². The summed E-state index contributed by atoms with van der Waals surface area (Å²) in [6, 6.07) is 14.0. The van der Waals surface area contributed by atoms with Crippen LogP contribution >= 0.6 is 11.6 Å². The van der Waals surface area contributed by atoms with E-state index < -0.39 is 5.41 Å². The van der Waals surface area contributed by atoms with Crippen LogP contribution in [0.1, 0.15) is 22.4 Å². The van der Waals surface area contributed by atoms with E-state index in [9.17, 15) is 0 Å². The van der Waals surface area contributed by atoms with Crippen LogP contribution in [0.3, 0.4) is 0 Å². The molecule has 26 heavy (non-hydrogen) atoms. The largest absolute Gasteiger partial charge is 0.259 e. The summed E-state index contributed by atoms with van der Waals surface area (Å²) in [5.41, 5.74) is 7.14. The van der Waals surface area contributed by atoms with Crippen molar-refractivity contribution in [1.29, 1.82) is 0 Å². The number of hydrogen-bond donors (Lipinski definition) is 0. The molecule has 0 aliphatic heterocycles. The standard InChI is InChI=1S/C21H11ClN4/c22-15-7-11-26-20-16(15)17-12(4-1-8-23-17)21(20)13-5-2-9-24-18(13)19-14(21)6-3-10-25-19/h1-11H. The molecule has 1 spiro atoms. The van der Waals surface area contributed by atoms with E-state index in [0.717, 1.165) is 45.0 Å². The average molecular weight is 355 g/mol. The molecule has 4 aromatic rings. The van der Waals surface area contributed by atoms with Crippen LogP contribution in [0, 0.1) is 0 Å². The van der Waals surface area contributed by atoms with Gasteiger partial charge in [-0.15, -0.1) is 0 Å². The van der Waals surface area contributed by atoms with Gasteiger partial charge in [0.15, 0.2) is 0 Å². The fraction of sp³-hybridized carbons (Fsp3) is 0.0476. The summed E-state index contributed by atoms with van der Waals surface area (Å²) in [6.45, 7) is 0. The minimum Gasteiger partial charge on any atom is -0.259 e. The van der Waals surface area contributed by atoms with Crippen molar-refractivity contribution in [3.05, 3.63) is 94.7 Å². The number of hydrogen-bond acceptors (Lipinski definition) is 4. The third-order valence-corrected chi connectivity index (χ3v) is 5.67. The molecule has 0 fully saturated rings. The van der Waals surface area contributed by atoms with Crippen molar-refractivity contribution in [3.8, 4) is 22.6 Å². The molecule has 0 bridgehead atoms. The molecule has 4 heterocycles. The number of halogens is 1. The minimum atomic E-state index is -0.572. The highest BCUT2D eigenvalue weighted by Crippen LogP contribution is 2.61. The first-order valence-electron chi connectivity index (χ1n) is 8.35. The monoisotopic (exact) mass is 354 g/mol. The first-order chi connectivity index (χ1) is 12.8. The van der Waals surface area contributed by atoms with Gasteiger partial charge >= 0.3 is 0 Å². The Hall–Kier alpha value is -3.11. The van der Waals surface area contributed by atoms with E-state index in [1.54, 1.807) is 12.4 Å². The van der Waals surface area contributed by atoms with E-state index in [2.05, 4.69) is 33.2 Å². The molecular weight excluding hydrogens is 344 g/mol. The molecule has 4 aromatic heterocycles. The smallest absolute Gasteiger partial charge is 0.0945 e. The van der Waals surface area contributed by atoms with Gasteiger partial charge in [-0.25, -0.2) is 0 Å². The Morgan fingerprint density at radius 3 is 1.77 bits per heavy atom. The second-order valence-corrected chi connectivity index (χ2v) is 6.87. The summed E-state index contributed by atoms with van der Waals surface area (Å²) in [6.07, 6.45) is 7.18. The van der Waals surface area contributed by atoms with Crippen molar-refractivity contribution >= 4 is 11.6 Å². The Kier molecular flexibility index (Phi) is 2.57. The van der Waals surface area contributed by atoms with E-state index >= 15 is 0 Å². The third-order valence-electron chi connectivity index (χ3n) is 5.35. The number of aromatic nitrogens is 4. The molecule has 6 rings (SSSR count). The summed E-state index contributed by atoms with van der Waals surface area (Å²) in [7, 11) is 0. The Bertz CT molecular complexity index is 1170. The molecule has 122 valence electrons. The van der Waals surface area contributed by atoms with Gasteiger partial charge in [-0.3, -0.25) is 19.9 Å². The van der Waals surface area contributed by atoms with E-state index in [1.807, 2.05) is 36.7 Å². The molecule has 0 saturated carbocycles. The molecule has 0 radical (unpaired) electrons. The van der Waals surface area contributed by atoms with E-state index in [0.29, 0.717) is 5.02 Å². The zero-order valence-corrected chi connectivity index (χ0v) is 14.3. The van der Waals surface area contributed by atoms with Crippen LogP contribution in [0.2, 0.25) is 5.02 Å². The average Bonchev–Trinajstić information content (AvgIpc) is 3.16. The second kappa shape index (κ2) is 4.74. The number of nitrogens with zero attached hydrogens (tertiary/aromatic N) is 4. The van der Waals surface area contributed by atoms with Crippen molar-refractivity contribution in [2.45, 2.75) is 5.41 Å². The number of fused-ring (bicyclic) bond motifs is 10. The number of rotatable bonds is 0. The van der Waals surface area contributed by atoms with E-state index in [-0.39, 0.29) is 0 Å². The maximum Gasteiger partial charge on any atom is 0.0945 e. The van der Waals surface area contributed by atoms with Gasteiger partial charge in [0.2, 0.25) is 0 Å². The van der Waals surface area contributed by atoms with Crippen LogP contribution < -0.4 is 0 Å². The zero-order valence-electron chi connectivity index (χ0n) is 13.5. The van der Waals surface area contributed by atoms with Crippen LogP contribution in [-0.4, -0.2) is 19.9 Å². The first kappa shape index (κ1) is 14.1. The Morgan fingerprint density at radius 2 is 1.15 bits per heavy atom. The zero-order chi connectivity index (χ0) is 17.3. The fourth-order valence-corrected chi connectivity index (χ4v) is 4.70. The molecule has 4 nitrogen and oxygen atoms in total. The van der Waals surface area contributed by atoms with Crippen LogP contribution in [0.4, 0.5) is 0 Å². The third kappa shape index (κ3) is 1.43. The van der Waals surface area contributed by atoms with Gasteiger partial charge in [0.05, 0.1) is 33.2 Å². The number of pyridine rings is 4. The highest BCUT2D eigenvalue weighted by molar-refractivity contribution is 6.33. The molecule has 0 amide bonds. The van der Waals surface area contributed by atoms with Crippen molar-refractivity contribution in [1.82, 2.24) is 19.9 Å². The predicted molar refractivity (Wildman–Crippen MR) is 98.9 cm³/mol. The molecular formula is C21H11ClN4. The van der Waals surface area contributed by atoms with Gasteiger partial charge in [0.1, 0.15) is 0 Å². The van der Waals surface area contributed by atoms with Crippen molar-refractivity contribution in [3.63, 3.8) is 0 Å². The van der Waals surface area contributed by atoms with Gasteiger partial charge in [0, 0.05) is 41.5 Å². The molecule has 0 saturated heterocycles. The molecule has 0 unspecified atom stereocenters. The topological polar surface area (TPSA) is 51.6 Å². The predicted octanol–water partition coefficient (Wildman–Crippen LogP) is 4.26. The maximum atomic E-state index is 6.60.